The fourth-order valence-corrected chi connectivity index (χ4v) is 2.14. The van der Waals surface area contributed by atoms with Gasteiger partial charge in [0, 0.05) is 38.1 Å². The van der Waals surface area contributed by atoms with Crippen molar-refractivity contribution in [2.45, 2.75) is 27.2 Å². The first-order valence-electron chi connectivity index (χ1n) is 7.04. The largest absolute Gasteiger partial charge is 0.446 e. The Morgan fingerprint density at radius 1 is 1.27 bits per heavy atom. The van der Waals surface area contributed by atoms with E-state index in [0.717, 1.165) is 11.5 Å². The minimum absolute atomic E-state index is 0.172. The molecule has 0 bridgehead atoms. The summed E-state index contributed by atoms with van der Waals surface area (Å²) in [5.41, 5.74) is 1.94. The van der Waals surface area contributed by atoms with E-state index in [1.54, 1.807) is 31.2 Å². The summed E-state index contributed by atoms with van der Waals surface area (Å²) in [7, 11) is 0. The second-order valence-corrected chi connectivity index (χ2v) is 5.01. The van der Waals surface area contributed by atoms with Crippen LogP contribution in [0.3, 0.4) is 0 Å². The number of aryl methyl sites for hydroxylation is 2. The van der Waals surface area contributed by atoms with Crippen LogP contribution in [0.4, 0.5) is 5.69 Å². The SMILES string of the molecule is CC(=O)Nc1cccc(C(=O)NCCc2oc(C)nc2C)c1. The Morgan fingerprint density at radius 2 is 2.05 bits per heavy atom. The molecule has 0 aliphatic heterocycles. The molecule has 0 saturated carbocycles. The molecule has 6 heteroatoms. The molecule has 0 atom stereocenters. The number of rotatable bonds is 5. The van der Waals surface area contributed by atoms with Gasteiger partial charge in [0.2, 0.25) is 5.91 Å². The number of nitrogens with zero attached hydrogens (tertiary/aromatic N) is 1. The fraction of sp³-hybridized carbons (Fsp3) is 0.312. The summed E-state index contributed by atoms with van der Waals surface area (Å²) >= 11 is 0. The lowest BCUT2D eigenvalue weighted by atomic mass is 10.2. The zero-order chi connectivity index (χ0) is 16.1. The number of amides is 2. The first-order valence-corrected chi connectivity index (χ1v) is 7.04. The summed E-state index contributed by atoms with van der Waals surface area (Å²) < 4.78 is 5.45. The number of nitrogens with one attached hydrogen (secondary N) is 2. The van der Waals surface area contributed by atoms with E-state index in [4.69, 9.17) is 4.42 Å². The number of carbonyl (C=O) groups is 2. The number of aromatic nitrogens is 1. The molecular weight excluding hydrogens is 282 g/mol. The third-order valence-electron chi connectivity index (χ3n) is 3.08. The molecule has 1 heterocycles. The van der Waals surface area contributed by atoms with E-state index in [2.05, 4.69) is 15.6 Å². The van der Waals surface area contributed by atoms with Gasteiger partial charge in [-0.25, -0.2) is 4.98 Å². The normalized spacial score (nSPS) is 10.3. The smallest absolute Gasteiger partial charge is 0.251 e. The van der Waals surface area contributed by atoms with E-state index in [1.165, 1.54) is 6.92 Å². The van der Waals surface area contributed by atoms with E-state index in [1.807, 2.05) is 6.92 Å². The van der Waals surface area contributed by atoms with Gasteiger partial charge in [-0.2, -0.15) is 0 Å². The molecule has 0 aliphatic carbocycles. The van der Waals surface area contributed by atoms with Crippen molar-refractivity contribution >= 4 is 17.5 Å². The van der Waals surface area contributed by atoms with Gasteiger partial charge in [-0.15, -0.1) is 0 Å². The number of carbonyl (C=O) groups excluding carboxylic acids is 2. The highest BCUT2D eigenvalue weighted by molar-refractivity contribution is 5.96. The lowest BCUT2D eigenvalue weighted by Crippen LogP contribution is -2.25. The highest BCUT2D eigenvalue weighted by Gasteiger charge is 2.09. The van der Waals surface area contributed by atoms with Crippen molar-refractivity contribution in [3.8, 4) is 0 Å². The topological polar surface area (TPSA) is 84.2 Å². The molecule has 0 saturated heterocycles. The first kappa shape index (κ1) is 15.8. The zero-order valence-electron chi connectivity index (χ0n) is 12.9. The molecule has 0 aliphatic rings. The van der Waals surface area contributed by atoms with Gasteiger partial charge in [-0.05, 0) is 25.1 Å². The van der Waals surface area contributed by atoms with Gasteiger partial charge in [0.05, 0.1) is 5.69 Å². The summed E-state index contributed by atoms with van der Waals surface area (Å²) in [6.07, 6.45) is 0.587. The molecule has 0 fully saturated rings. The van der Waals surface area contributed by atoms with Gasteiger partial charge in [0.25, 0.3) is 5.91 Å². The lowest BCUT2D eigenvalue weighted by Gasteiger charge is -2.07. The fourth-order valence-electron chi connectivity index (χ4n) is 2.14. The van der Waals surface area contributed by atoms with Gasteiger partial charge in [0.1, 0.15) is 5.76 Å². The third kappa shape index (κ3) is 4.18. The van der Waals surface area contributed by atoms with Crippen LogP contribution in [0.25, 0.3) is 0 Å². The molecule has 1 aromatic heterocycles. The molecule has 0 radical (unpaired) electrons. The van der Waals surface area contributed by atoms with Crippen molar-refractivity contribution in [3.63, 3.8) is 0 Å². The average Bonchev–Trinajstić information content (AvgIpc) is 2.76. The Kier molecular flexibility index (Phi) is 4.93. The minimum atomic E-state index is -0.193. The van der Waals surface area contributed by atoms with Gasteiger partial charge in [-0.3, -0.25) is 9.59 Å². The monoisotopic (exact) mass is 301 g/mol. The summed E-state index contributed by atoms with van der Waals surface area (Å²) in [4.78, 5) is 27.3. The average molecular weight is 301 g/mol. The number of hydrogen-bond acceptors (Lipinski definition) is 4. The second-order valence-electron chi connectivity index (χ2n) is 5.01. The summed E-state index contributed by atoms with van der Waals surface area (Å²) in [5, 5.41) is 5.48. The predicted molar refractivity (Wildman–Crippen MR) is 82.8 cm³/mol. The molecule has 2 amide bonds. The standard InChI is InChI=1S/C16H19N3O3/c1-10-15(22-12(3)18-10)7-8-17-16(21)13-5-4-6-14(9-13)19-11(2)20/h4-6,9H,7-8H2,1-3H3,(H,17,21)(H,19,20). The van der Waals surface area contributed by atoms with Crippen LogP contribution in [0.1, 0.15) is 34.6 Å². The highest BCUT2D eigenvalue weighted by Crippen LogP contribution is 2.11. The summed E-state index contributed by atoms with van der Waals surface area (Å²) in [5.74, 6) is 1.04. The van der Waals surface area contributed by atoms with E-state index in [-0.39, 0.29) is 11.8 Å². The molecule has 0 spiro atoms. The maximum atomic E-state index is 12.1. The van der Waals surface area contributed by atoms with Gasteiger partial charge < -0.3 is 15.1 Å². The van der Waals surface area contributed by atoms with Crippen LogP contribution in [0.2, 0.25) is 0 Å². The lowest BCUT2D eigenvalue weighted by molar-refractivity contribution is -0.114. The Hall–Kier alpha value is -2.63. The number of benzene rings is 1. The number of anilines is 1. The molecule has 6 nitrogen and oxygen atoms in total. The Morgan fingerprint density at radius 3 is 2.68 bits per heavy atom. The Labute approximate surface area is 128 Å². The van der Waals surface area contributed by atoms with Crippen LogP contribution in [-0.4, -0.2) is 23.3 Å². The quantitative estimate of drug-likeness (QED) is 0.887. The van der Waals surface area contributed by atoms with E-state index in [0.29, 0.717) is 30.1 Å². The van der Waals surface area contributed by atoms with E-state index in [9.17, 15) is 9.59 Å². The minimum Gasteiger partial charge on any atom is -0.446 e. The number of oxazole rings is 1. The molecule has 1 aromatic carbocycles. The maximum Gasteiger partial charge on any atom is 0.251 e. The van der Waals surface area contributed by atoms with Crippen molar-refractivity contribution < 1.29 is 14.0 Å². The summed E-state index contributed by atoms with van der Waals surface area (Å²) in [6.45, 7) is 5.56. The van der Waals surface area contributed by atoms with Crippen molar-refractivity contribution in [2.24, 2.45) is 0 Å². The zero-order valence-corrected chi connectivity index (χ0v) is 12.9. The molecule has 2 N–H and O–H groups in total. The molecule has 22 heavy (non-hydrogen) atoms. The number of hydrogen-bond donors (Lipinski definition) is 2. The van der Waals surface area contributed by atoms with Crippen LogP contribution >= 0.6 is 0 Å². The van der Waals surface area contributed by atoms with Gasteiger partial charge >= 0.3 is 0 Å². The molecule has 116 valence electrons. The van der Waals surface area contributed by atoms with Crippen molar-refractivity contribution in [1.29, 1.82) is 0 Å². The van der Waals surface area contributed by atoms with Crippen LogP contribution in [0.15, 0.2) is 28.7 Å². The van der Waals surface area contributed by atoms with Gasteiger partial charge in [0.15, 0.2) is 5.89 Å². The molecule has 0 unspecified atom stereocenters. The van der Waals surface area contributed by atoms with Crippen molar-refractivity contribution in [2.75, 3.05) is 11.9 Å². The van der Waals surface area contributed by atoms with Crippen molar-refractivity contribution in [3.05, 3.63) is 47.2 Å². The highest BCUT2D eigenvalue weighted by atomic mass is 16.4. The van der Waals surface area contributed by atoms with Crippen LogP contribution in [0.5, 0.6) is 0 Å². The Balaban J connectivity index is 1.92. The van der Waals surface area contributed by atoms with Crippen LogP contribution in [-0.2, 0) is 11.2 Å². The summed E-state index contributed by atoms with van der Waals surface area (Å²) in [6, 6.07) is 6.80. The molecular formula is C16H19N3O3. The molecule has 2 rings (SSSR count). The third-order valence-corrected chi connectivity index (χ3v) is 3.08. The molecule has 2 aromatic rings. The van der Waals surface area contributed by atoms with Gasteiger partial charge in [-0.1, -0.05) is 6.07 Å². The van der Waals surface area contributed by atoms with E-state index >= 15 is 0 Å². The Bertz CT molecular complexity index is 692. The van der Waals surface area contributed by atoms with Crippen LogP contribution in [0, 0.1) is 13.8 Å². The van der Waals surface area contributed by atoms with Crippen molar-refractivity contribution in [1.82, 2.24) is 10.3 Å². The van der Waals surface area contributed by atoms with E-state index < -0.39 is 0 Å². The van der Waals surface area contributed by atoms with Crippen LogP contribution < -0.4 is 10.6 Å². The first-order chi connectivity index (χ1) is 10.5. The second kappa shape index (κ2) is 6.89. The maximum absolute atomic E-state index is 12.1. The predicted octanol–water partition coefficient (Wildman–Crippen LogP) is 2.22.